The predicted octanol–water partition coefficient (Wildman–Crippen LogP) is 9.34. The highest BCUT2D eigenvalue weighted by Gasteiger charge is 2.37. The van der Waals surface area contributed by atoms with Gasteiger partial charge in [-0.3, -0.25) is 0 Å². The molecule has 0 aliphatic heterocycles. The largest absolute Gasteiger partial charge is 0.355 e. The molecule has 0 bridgehead atoms. The van der Waals surface area contributed by atoms with E-state index in [0.29, 0.717) is 0 Å². The Labute approximate surface area is 194 Å². The van der Waals surface area contributed by atoms with Crippen molar-refractivity contribution in [3.63, 3.8) is 0 Å². The molecule has 0 amide bonds. The van der Waals surface area contributed by atoms with E-state index < -0.39 is 0 Å². The molecule has 1 aliphatic carbocycles. The molecule has 3 aromatic rings. The number of fused-ring (bicyclic) bond motifs is 1. The van der Waals surface area contributed by atoms with Gasteiger partial charge in [0.2, 0.25) is 0 Å². The lowest BCUT2D eigenvalue weighted by Crippen LogP contribution is -2.18. The van der Waals surface area contributed by atoms with Gasteiger partial charge in [0.05, 0.1) is 0 Å². The number of anilines is 2. The highest BCUT2D eigenvalue weighted by Crippen LogP contribution is 2.50. The zero-order valence-corrected chi connectivity index (χ0v) is 19.9. The van der Waals surface area contributed by atoms with Crippen molar-refractivity contribution in [1.82, 2.24) is 0 Å². The zero-order valence-electron chi connectivity index (χ0n) is 19.9. The van der Waals surface area contributed by atoms with E-state index in [1.165, 1.54) is 33.4 Å². The van der Waals surface area contributed by atoms with Crippen LogP contribution in [0.1, 0.15) is 38.8 Å². The van der Waals surface area contributed by atoms with Crippen molar-refractivity contribution in [2.45, 2.75) is 33.1 Å². The molecule has 32 heavy (non-hydrogen) atoms. The Morgan fingerprint density at radius 3 is 1.88 bits per heavy atom. The van der Waals surface area contributed by atoms with Gasteiger partial charge in [0.1, 0.15) is 0 Å². The summed E-state index contributed by atoms with van der Waals surface area (Å²) >= 11 is 0. The third kappa shape index (κ3) is 4.68. The van der Waals surface area contributed by atoms with Gasteiger partial charge in [-0.1, -0.05) is 108 Å². The molecule has 0 fully saturated rings. The first-order valence-electron chi connectivity index (χ1n) is 11.1. The number of benzene rings is 3. The molecule has 0 heterocycles. The molecule has 0 saturated carbocycles. The van der Waals surface area contributed by atoms with Crippen LogP contribution in [0.5, 0.6) is 0 Å². The van der Waals surface area contributed by atoms with Crippen LogP contribution in [-0.2, 0) is 5.41 Å². The van der Waals surface area contributed by atoms with Crippen molar-refractivity contribution >= 4 is 16.9 Å². The van der Waals surface area contributed by atoms with Crippen molar-refractivity contribution in [2.24, 2.45) is 0 Å². The molecule has 0 radical (unpaired) electrons. The van der Waals surface area contributed by atoms with Gasteiger partial charge in [0.15, 0.2) is 0 Å². The number of rotatable bonds is 5. The van der Waals surface area contributed by atoms with E-state index in [4.69, 9.17) is 0 Å². The van der Waals surface area contributed by atoms with Crippen molar-refractivity contribution in [1.29, 1.82) is 0 Å². The first-order chi connectivity index (χ1) is 15.6. The van der Waals surface area contributed by atoms with E-state index in [-0.39, 0.29) is 5.41 Å². The summed E-state index contributed by atoms with van der Waals surface area (Å²) in [5.74, 6) is 0. The maximum atomic E-state index is 4.05. The van der Waals surface area contributed by atoms with Crippen molar-refractivity contribution in [2.75, 3.05) is 5.32 Å². The highest BCUT2D eigenvalue weighted by atomic mass is 14.9. The Bertz CT molecular complexity index is 1080. The minimum absolute atomic E-state index is 0.117. The van der Waals surface area contributed by atoms with Crippen molar-refractivity contribution in [3.05, 3.63) is 128 Å². The summed E-state index contributed by atoms with van der Waals surface area (Å²) in [6.07, 6.45) is 3.92. The molecular weight excluding hydrogens is 386 g/mol. The zero-order chi connectivity index (χ0) is 23.7. The first kappa shape index (κ1) is 24.7. The lowest BCUT2D eigenvalue weighted by molar-refractivity contribution is 0.656. The molecule has 4 rings (SSSR count). The molecule has 3 aromatic carbocycles. The van der Waals surface area contributed by atoms with Gasteiger partial charge in [-0.15, -0.1) is 13.2 Å². The molecule has 1 heteroatoms. The molecule has 1 N–H and O–H groups in total. The van der Waals surface area contributed by atoms with Gasteiger partial charge >= 0.3 is 0 Å². The number of hydrogen-bond donors (Lipinski definition) is 1. The standard InChI is InChI=1S/C27H25N.C2H6.C2H4/c1-5-22-23-13-10-14-25(26(23)27(3,4)24(22)6-2)28-21-17-15-20(16-18-21)19-11-8-7-9-12-19;2*1-2/h5-18,28H,1-2H2,3-4H3;1-2H3;1-2H2. The third-order valence-electron chi connectivity index (χ3n) is 5.62. The molecule has 164 valence electrons. The average molecular weight is 422 g/mol. The van der Waals surface area contributed by atoms with Gasteiger partial charge in [-0.2, -0.15) is 0 Å². The summed E-state index contributed by atoms with van der Waals surface area (Å²) < 4.78 is 0. The molecule has 1 aliphatic rings. The van der Waals surface area contributed by atoms with Crippen LogP contribution in [0, 0.1) is 0 Å². The second-order valence-corrected chi connectivity index (χ2v) is 7.66. The number of hydrogen-bond acceptors (Lipinski definition) is 1. The molecule has 0 spiro atoms. The summed E-state index contributed by atoms with van der Waals surface area (Å²) in [7, 11) is 0. The van der Waals surface area contributed by atoms with Gasteiger partial charge in [0.25, 0.3) is 0 Å². The normalized spacial score (nSPS) is 13.0. The average Bonchev–Trinajstić information content (AvgIpc) is 3.09. The van der Waals surface area contributed by atoms with Crippen LogP contribution in [-0.4, -0.2) is 0 Å². The highest BCUT2D eigenvalue weighted by molar-refractivity contribution is 5.91. The SMILES string of the molecule is C=C.C=CC1=C(C=C)C(C)(C)c2c(Nc3ccc(-c4ccccc4)cc3)cccc21.CC. The minimum Gasteiger partial charge on any atom is -0.355 e. The summed E-state index contributed by atoms with van der Waals surface area (Å²) in [6.45, 7) is 22.6. The van der Waals surface area contributed by atoms with Gasteiger partial charge in [0, 0.05) is 16.8 Å². The summed E-state index contributed by atoms with van der Waals surface area (Å²) in [4.78, 5) is 0. The molecule has 0 aromatic heterocycles. The molecular formula is C31H35N. The fraction of sp³-hybridized carbons (Fsp3) is 0.161. The molecule has 0 saturated heterocycles. The van der Waals surface area contributed by atoms with Crippen LogP contribution >= 0.6 is 0 Å². The molecule has 1 nitrogen and oxygen atoms in total. The quantitative estimate of drug-likeness (QED) is 0.405. The van der Waals surface area contributed by atoms with E-state index in [9.17, 15) is 0 Å². The monoisotopic (exact) mass is 421 g/mol. The number of allylic oxidation sites excluding steroid dienone is 4. The summed E-state index contributed by atoms with van der Waals surface area (Å²) in [5.41, 5.74) is 9.48. The fourth-order valence-electron chi connectivity index (χ4n) is 4.29. The van der Waals surface area contributed by atoms with E-state index in [2.05, 4.69) is 112 Å². The van der Waals surface area contributed by atoms with Gasteiger partial charge < -0.3 is 5.32 Å². The Morgan fingerprint density at radius 1 is 0.719 bits per heavy atom. The fourth-order valence-corrected chi connectivity index (χ4v) is 4.29. The van der Waals surface area contributed by atoms with E-state index >= 15 is 0 Å². The van der Waals surface area contributed by atoms with E-state index in [0.717, 1.165) is 11.4 Å². The second kappa shape index (κ2) is 11.2. The first-order valence-corrected chi connectivity index (χ1v) is 11.1. The van der Waals surface area contributed by atoms with Gasteiger partial charge in [-0.05, 0) is 51.6 Å². The van der Waals surface area contributed by atoms with E-state index in [1.807, 2.05) is 32.1 Å². The predicted molar refractivity (Wildman–Crippen MR) is 145 cm³/mol. The number of nitrogens with one attached hydrogen (secondary N) is 1. The van der Waals surface area contributed by atoms with E-state index in [1.54, 1.807) is 0 Å². The third-order valence-corrected chi connectivity index (χ3v) is 5.62. The molecule has 0 unspecified atom stereocenters. The van der Waals surface area contributed by atoms with Crippen LogP contribution in [0.2, 0.25) is 0 Å². The minimum atomic E-state index is -0.117. The Morgan fingerprint density at radius 2 is 1.31 bits per heavy atom. The summed E-state index contributed by atoms with van der Waals surface area (Å²) in [6, 6.07) is 25.5. The Balaban J connectivity index is 0.000000860. The summed E-state index contributed by atoms with van der Waals surface area (Å²) in [5, 5.41) is 3.63. The Hall–Kier alpha value is -3.58. The van der Waals surface area contributed by atoms with Crippen LogP contribution in [0.15, 0.2) is 117 Å². The maximum absolute atomic E-state index is 4.05. The van der Waals surface area contributed by atoms with Crippen LogP contribution in [0.3, 0.4) is 0 Å². The van der Waals surface area contributed by atoms with Crippen LogP contribution in [0.4, 0.5) is 11.4 Å². The second-order valence-electron chi connectivity index (χ2n) is 7.66. The van der Waals surface area contributed by atoms with Crippen LogP contribution < -0.4 is 5.32 Å². The Kier molecular flexibility index (Phi) is 8.61. The molecule has 0 atom stereocenters. The van der Waals surface area contributed by atoms with Crippen molar-refractivity contribution < 1.29 is 0 Å². The maximum Gasteiger partial charge on any atom is 0.0431 e. The lowest BCUT2D eigenvalue weighted by Gasteiger charge is -2.26. The van der Waals surface area contributed by atoms with Gasteiger partial charge in [-0.25, -0.2) is 0 Å². The topological polar surface area (TPSA) is 12.0 Å². The van der Waals surface area contributed by atoms with Crippen LogP contribution in [0.25, 0.3) is 16.7 Å². The van der Waals surface area contributed by atoms with Crippen molar-refractivity contribution in [3.8, 4) is 11.1 Å². The lowest BCUT2D eigenvalue weighted by atomic mass is 9.80. The smallest absolute Gasteiger partial charge is 0.0431 e.